The number of Topliss-reactive ketones (excluding diaryl/α,β-unsaturated/α-hetero) is 1. The molecule has 1 fully saturated rings. The number of nitrogens with one attached hydrogen (secondary N) is 1. The monoisotopic (exact) mass is 341 g/mol. The number of ketones is 1. The van der Waals surface area contributed by atoms with Crippen molar-refractivity contribution in [1.29, 1.82) is 0 Å². The van der Waals surface area contributed by atoms with Gasteiger partial charge in [0.05, 0.1) is 4.47 Å². The van der Waals surface area contributed by atoms with E-state index in [-0.39, 0.29) is 11.6 Å². The summed E-state index contributed by atoms with van der Waals surface area (Å²) in [4.78, 5) is 12.2. The number of hydrogen-bond donors (Lipinski definition) is 1. The number of hydrogen-bond acceptors (Lipinski definition) is 2. The molecule has 1 aliphatic heterocycles. The molecule has 1 aliphatic rings. The summed E-state index contributed by atoms with van der Waals surface area (Å²) in [5.41, 5.74) is 0.740. The Bertz CT molecular complexity index is 472. The van der Waals surface area contributed by atoms with Crippen molar-refractivity contribution in [2.45, 2.75) is 32.6 Å². The van der Waals surface area contributed by atoms with Crippen LogP contribution in [0.5, 0.6) is 0 Å². The van der Waals surface area contributed by atoms with Crippen molar-refractivity contribution >= 4 is 21.7 Å². The predicted octanol–water partition coefficient (Wildman–Crippen LogP) is 3.73. The van der Waals surface area contributed by atoms with Crippen molar-refractivity contribution in [3.63, 3.8) is 0 Å². The summed E-state index contributed by atoms with van der Waals surface area (Å²) in [5.74, 6) is 0.862. The third-order valence-electron chi connectivity index (χ3n) is 4.11. The van der Waals surface area contributed by atoms with E-state index in [4.69, 9.17) is 0 Å². The highest BCUT2D eigenvalue weighted by atomic mass is 79.9. The molecule has 1 aromatic rings. The fourth-order valence-electron chi connectivity index (χ4n) is 2.86. The normalized spacial score (nSPS) is 20.6. The highest BCUT2D eigenvalue weighted by Gasteiger charge is 2.22. The van der Waals surface area contributed by atoms with E-state index in [1.54, 1.807) is 12.1 Å². The molecule has 4 heteroatoms. The van der Waals surface area contributed by atoms with Crippen LogP contribution in [0.3, 0.4) is 0 Å². The Labute approximate surface area is 128 Å². The minimum Gasteiger partial charge on any atom is -0.316 e. The van der Waals surface area contributed by atoms with Crippen molar-refractivity contribution in [2.24, 2.45) is 11.8 Å². The zero-order valence-electron chi connectivity index (χ0n) is 11.8. The van der Waals surface area contributed by atoms with E-state index in [2.05, 4.69) is 28.2 Å². The smallest absolute Gasteiger partial charge is 0.137 e. The lowest BCUT2D eigenvalue weighted by Crippen LogP contribution is -2.34. The molecule has 0 aliphatic carbocycles. The molecule has 1 heterocycles. The van der Waals surface area contributed by atoms with Gasteiger partial charge >= 0.3 is 0 Å². The Hall–Kier alpha value is -0.740. The Morgan fingerprint density at radius 3 is 3.05 bits per heavy atom. The molecule has 0 amide bonds. The van der Waals surface area contributed by atoms with E-state index in [9.17, 15) is 9.18 Å². The van der Waals surface area contributed by atoms with Gasteiger partial charge in [0, 0.05) is 12.8 Å². The lowest BCUT2D eigenvalue weighted by molar-refractivity contribution is -0.119. The Kier molecular flexibility index (Phi) is 5.73. The van der Waals surface area contributed by atoms with Crippen LogP contribution in [0.4, 0.5) is 4.39 Å². The van der Waals surface area contributed by atoms with Crippen molar-refractivity contribution in [3.05, 3.63) is 34.1 Å². The maximum atomic E-state index is 13.4. The van der Waals surface area contributed by atoms with Crippen molar-refractivity contribution in [1.82, 2.24) is 5.32 Å². The number of piperidine rings is 1. The molecule has 0 saturated carbocycles. The van der Waals surface area contributed by atoms with Crippen LogP contribution >= 0.6 is 15.9 Å². The Morgan fingerprint density at radius 1 is 1.55 bits per heavy atom. The number of halogens is 2. The van der Waals surface area contributed by atoms with Crippen LogP contribution in [-0.2, 0) is 11.2 Å². The van der Waals surface area contributed by atoms with Gasteiger partial charge in [-0.2, -0.15) is 0 Å². The average molecular weight is 342 g/mol. The first-order valence-electron chi connectivity index (χ1n) is 7.23. The summed E-state index contributed by atoms with van der Waals surface area (Å²) in [6.07, 6.45) is 3.28. The highest BCUT2D eigenvalue weighted by Crippen LogP contribution is 2.25. The van der Waals surface area contributed by atoms with Crippen LogP contribution in [0.1, 0.15) is 31.7 Å². The van der Waals surface area contributed by atoms with Gasteiger partial charge in [0.2, 0.25) is 0 Å². The molecular weight excluding hydrogens is 321 g/mol. The molecule has 110 valence electrons. The van der Waals surface area contributed by atoms with E-state index >= 15 is 0 Å². The molecule has 20 heavy (non-hydrogen) atoms. The largest absolute Gasteiger partial charge is 0.316 e. The molecule has 0 aromatic heterocycles. The third kappa shape index (κ3) is 4.13. The number of rotatable bonds is 5. The summed E-state index contributed by atoms with van der Waals surface area (Å²) < 4.78 is 13.8. The van der Waals surface area contributed by atoms with Crippen LogP contribution in [0, 0.1) is 17.7 Å². The fourth-order valence-corrected chi connectivity index (χ4v) is 3.26. The van der Waals surface area contributed by atoms with Crippen molar-refractivity contribution in [3.8, 4) is 0 Å². The molecular formula is C16H21BrFNO. The number of carbonyl (C=O) groups excluding carboxylic acids is 1. The van der Waals surface area contributed by atoms with E-state index < -0.39 is 0 Å². The van der Waals surface area contributed by atoms with Gasteiger partial charge < -0.3 is 5.32 Å². The molecule has 0 spiro atoms. The van der Waals surface area contributed by atoms with Gasteiger partial charge in [0.25, 0.3) is 0 Å². The van der Waals surface area contributed by atoms with Crippen LogP contribution in [0.2, 0.25) is 0 Å². The lowest BCUT2D eigenvalue weighted by Gasteiger charge is -2.28. The predicted molar refractivity (Wildman–Crippen MR) is 82.2 cm³/mol. The summed E-state index contributed by atoms with van der Waals surface area (Å²) >= 11 is 3.21. The maximum absolute atomic E-state index is 13.4. The molecule has 2 nitrogen and oxygen atoms in total. The first-order chi connectivity index (χ1) is 9.58. The Balaban J connectivity index is 1.90. The van der Waals surface area contributed by atoms with E-state index in [1.807, 2.05) is 0 Å². The highest BCUT2D eigenvalue weighted by molar-refractivity contribution is 9.10. The minimum absolute atomic E-state index is 0.189. The van der Waals surface area contributed by atoms with Gasteiger partial charge in [0.1, 0.15) is 11.6 Å². The zero-order valence-corrected chi connectivity index (χ0v) is 13.4. The second kappa shape index (κ2) is 7.32. The van der Waals surface area contributed by atoms with E-state index in [0.717, 1.165) is 18.7 Å². The van der Waals surface area contributed by atoms with E-state index in [0.29, 0.717) is 29.2 Å². The summed E-state index contributed by atoms with van der Waals surface area (Å²) in [6.45, 7) is 4.25. The summed E-state index contributed by atoms with van der Waals surface area (Å²) in [7, 11) is 0. The molecule has 0 radical (unpaired) electrons. The van der Waals surface area contributed by atoms with Crippen LogP contribution in [-0.4, -0.2) is 18.9 Å². The standard InChI is InChI=1S/C16H21BrFNO/c1-11(13-5-3-7-19-10-13)8-14(20)9-12-4-2-6-15(18)16(12)17/h2,4,6,11,13,19H,3,5,7-10H2,1H3. The van der Waals surface area contributed by atoms with Gasteiger partial charge in [-0.15, -0.1) is 0 Å². The number of benzene rings is 1. The molecule has 2 unspecified atom stereocenters. The quantitative estimate of drug-likeness (QED) is 0.884. The molecule has 1 N–H and O–H groups in total. The molecule has 1 aromatic carbocycles. The average Bonchev–Trinajstić information content (AvgIpc) is 2.45. The zero-order chi connectivity index (χ0) is 14.5. The maximum Gasteiger partial charge on any atom is 0.137 e. The van der Waals surface area contributed by atoms with Crippen LogP contribution in [0.15, 0.2) is 22.7 Å². The molecule has 1 saturated heterocycles. The fraction of sp³-hybridized carbons (Fsp3) is 0.562. The molecule has 2 atom stereocenters. The summed E-state index contributed by atoms with van der Waals surface area (Å²) in [6, 6.07) is 4.85. The molecule has 0 bridgehead atoms. The van der Waals surface area contributed by atoms with E-state index in [1.165, 1.54) is 18.9 Å². The van der Waals surface area contributed by atoms with Crippen LogP contribution in [0.25, 0.3) is 0 Å². The SMILES string of the molecule is CC(CC(=O)Cc1cccc(F)c1Br)C1CCCNC1. The van der Waals surface area contributed by atoms with Crippen molar-refractivity contribution < 1.29 is 9.18 Å². The molecule has 2 rings (SSSR count). The van der Waals surface area contributed by atoms with Crippen molar-refractivity contribution in [2.75, 3.05) is 13.1 Å². The van der Waals surface area contributed by atoms with Gasteiger partial charge in [-0.25, -0.2) is 4.39 Å². The first-order valence-corrected chi connectivity index (χ1v) is 8.02. The minimum atomic E-state index is -0.306. The number of carbonyl (C=O) groups is 1. The topological polar surface area (TPSA) is 29.1 Å². The first kappa shape index (κ1) is 15.6. The second-order valence-electron chi connectivity index (χ2n) is 5.72. The van der Waals surface area contributed by atoms with Crippen LogP contribution < -0.4 is 5.32 Å². The van der Waals surface area contributed by atoms with Gasteiger partial charge in [-0.3, -0.25) is 4.79 Å². The summed E-state index contributed by atoms with van der Waals surface area (Å²) in [5, 5.41) is 3.39. The van der Waals surface area contributed by atoms with Gasteiger partial charge in [-0.1, -0.05) is 19.1 Å². The second-order valence-corrected chi connectivity index (χ2v) is 6.51. The van der Waals surface area contributed by atoms with Gasteiger partial charge in [-0.05, 0) is 65.3 Å². The Morgan fingerprint density at radius 2 is 2.35 bits per heavy atom. The van der Waals surface area contributed by atoms with Gasteiger partial charge in [0.15, 0.2) is 0 Å². The third-order valence-corrected chi connectivity index (χ3v) is 5.00. The lowest BCUT2D eigenvalue weighted by atomic mass is 9.83.